The standard InChI is InChI=1S/C11H21N2O10P3.4C6H15N/c14-10-5-7-13(11(15)12-10)6-3-1-2-4-8-24(16,9-25(17,18)19)23-26(20,21)22;4*1-4-7(5-2)6-3/h5,7H,1-4,6,8-9H2,(H,12,14,15)(H2,17,18,19)(H2,20,21,22);4*4-6H2,1-3H3. The van der Waals surface area contributed by atoms with Gasteiger partial charge in [-0.1, -0.05) is 95.9 Å². The monoisotopic (exact) mass is 839 g/mol. The van der Waals surface area contributed by atoms with E-state index < -0.39 is 39.9 Å². The van der Waals surface area contributed by atoms with Gasteiger partial charge in [0.1, 0.15) is 5.90 Å². The van der Waals surface area contributed by atoms with Gasteiger partial charge in [-0.15, -0.1) is 0 Å². The first-order chi connectivity index (χ1) is 25.2. The summed E-state index contributed by atoms with van der Waals surface area (Å²) in [4.78, 5) is 69.4. The van der Waals surface area contributed by atoms with Crippen LogP contribution in [0, 0.1) is 0 Å². The third-order valence-electron chi connectivity index (χ3n) is 8.57. The van der Waals surface area contributed by atoms with Gasteiger partial charge in [-0.05, 0) is 91.4 Å². The van der Waals surface area contributed by atoms with Crippen molar-refractivity contribution in [2.45, 2.75) is 115 Å². The third kappa shape index (κ3) is 37.9. The van der Waals surface area contributed by atoms with Crippen LogP contribution in [-0.2, 0) is 24.6 Å². The van der Waals surface area contributed by atoms with E-state index in [0.717, 1.165) is 0 Å². The Hall–Kier alpha value is -0.990. The number of hydrogen-bond acceptors (Lipinski definition) is 10. The molecule has 5 N–H and O–H groups in total. The average molecular weight is 839 g/mol. The Morgan fingerprint density at radius 1 is 0.574 bits per heavy atom. The number of hydrogen-bond donors (Lipinski definition) is 5. The highest BCUT2D eigenvalue weighted by atomic mass is 31.3. The zero-order valence-electron chi connectivity index (χ0n) is 35.9. The van der Waals surface area contributed by atoms with E-state index in [1.807, 2.05) is 0 Å². The number of aromatic nitrogens is 2. The van der Waals surface area contributed by atoms with Crippen LogP contribution in [0.15, 0.2) is 21.9 Å². The molecule has 1 heterocycles. The molecule has 0 aliphatic rings. The molecule has 54 heavy (non-hydrogen) atoms. The molecule has 1 atom stereocenters. The minimum Gasteiger partial charge on any atom is -0.324 e. The Kier molecular flexibility index (Phi) is 40.2. The number of rotatable bonds is 23. The number of nitrogens with zero attached hydrogens (tertiary/aromatic N) is 5. The first kappa shape index (κ1) is 59.7. The maximum atomic E-state index is 12.3. The summed E-state index contributed by atoms with van der Waals surface area (Å²) in [6.45, 7) is 40.8. The third-order valence-corrected chi connectivity index (χ3v) is 14.8. The molecule has 0 fully saturated rings. The zero-order chi connectivity index (χ0) is 42.8. The minimum atomic E-state index is -5.16. The first-order valence-corrected chi connectivity index (χ1v) is 25.1. The highest BCUT2D eigenvalue weighted by molar-refractivity contribution is 7.76. The summed E-state index contributed by atoms with van der Waals surface area (Å²) < 4.78 is 39.6. The number of unbranched alkanes of at least 4 members (excludes halogenated alkanes) is 3. The second-order valence-corrected chi connectivity index (χ2v) is 18.3. The normalized spacial score (nSPS) is 12.5. The van der Waals surface area contributed by atoms with Crippen molar-refractivity contribution in [3.8, 4) is 0 Å². The van der Waals surface area contributed by atoms with Crippen molar-refractivity contribution < 1.29 is 37.6 Å². The van der Waals surface area contributed by atoms with Gasteiger partial charge < -0.3 is 43.7 Å². The zero-order valence-corrected chi connectivity index (χ0v) is 38.6. The summed E-state index contributed by atoms with van der Waals surface area (Å²) >= 11 is 0. The fourth-order valence-corrected chi connectivity index (χ4v) is 11.0. The molecule has 0 bridgehead atoms. The predicted molar refractivity (Wildman–Crippen MR) is 226 cm³/mol. The molecule has 19 heteroatoms. The lowest BCUT2D eigenvalue weighted by Crippen LogP contribution is -2.28. The molecule has 0 radical (unpaired) electrons. The molecule has 1 rings (SSSR count). The summed E-state index contributed by atoms with van der Waals surface area (Å²) in [5.74, 6) is -1.24. The minimum absolute atomic E-state index is 0.164. The van der Waals surface area contributed by atoms with Crippen LogP contribution in [0.25, 0.3) is 0 Å². The molecule has 326 valence electrons. The molecule has 1 aromatic rings. The highest BCUT2D eigenvalue weighted by Crippen LogP contribution is 2.65. The number of nitrogens with one attached hydrogen (secondary N) is 1. The molecular formula is C35H81N6O10P3. The topological polar surface area (TPSA) is 209 Å². The Labute approximate surface area is 327 Å². The van der Waals surface area contributed by atoms with Crippen LogP contribution in [0.5, 0.6) is 0 Å². The van der Waals surface area contributed by atoms with Crippen LogP contribution >= 0.6 is 22.8 Å². The summed E-state index contributed by atoms with van der Waals surface area (Å²) in [7, 11) is -14.1. The van der Waals surface area contributed by atoms with Crippen molar-refractivity contribution in [1.29, 1.82) is 0 Å². The molecule has 0 aliphatic carbocycles. The highest BCUT2D eigenvalue weighted by Gasteiger charge is 2.38. The molecule has 0 saturated carbocycles. The van der Waals surface area contributed by atoms with Crippen LogP contribution < -0.4 is 11.2 Å². The van der Waals surface area contributed by atoms with E-state index in [2.05, 4.69) is 112 Å². The fraction of sp³-hybridized carbons (Fsp3) is 0.886. The molecule has 0 spiro atoms. The van der Waals surface area contributed by atoms with Gasteiger partial charge in [0.2, 0.25) is 7.37 Å². The van der Waals surface area contributed by atoms with Crippen LogP contribution in [0.2, 0.25) is 0 Å². The lowest BCUT2D eigenvalue weighted by molar-refractivity contribution is 0.283. The van der Waals surface area contributed by atoms with Crippen molar-refractivity contribution in [2.75, 3.05) is 90.6 Å². The van der Waals surface area contributed by atoms with E-state index >= 15 is 0 Å². The number of H-pyrrole nitrogens is 1. The fourth-order valence-electron chi connectivity index (χ4n) is 4.90. The van der Waals surface area contributed by atoms with Crippen molar-refractivity contribution in [2.24, 2.45) is 0 Å². The Morgan fingerprint density at radius 3 is 1.17 bits per heavy atom. The van der Waals surface area contributed by atoms with Gasteiger partial charge in [-0.25, -0.2) is 13.7 Å². The Bertz CT molecular complexity index is 1140. The van der Waals surface area contributed by atoms with E-state index in [-0.39, 0.29) is 12.6 Å². The quantitative estimate of drug-likeness (QED) is 0.0632. The summed E-state index contributed by atoms with van der Waals surface area (Å²) in [5.41, 5.74) is -1.05. The maximum absolute atomic E-state index is 12.3. The molecule has 0 aromatic carbocycles. The van der Waals surface area contributed by atoms with Gasteiger partial charge in [-0.2, -0.15) is 0 Å². The van der Waals surface area contributed by atoms with E-state index in [1.165, 1.54) is 95.4 Å². The van der Waals surface area contributed by atoms with Gasteiger partial charge in [0.25, 0.3) is 5.56 Å². The number of phosphoric acid groups is 1. The molecule has 1 aromatic heterocycles. The van der Waals surface area contributed by atoms with Crippen molar-refractivity contribution in [3.63, 3.8) is 0 Å². The molecule has 16 nitrogen and oxygen atoms in total. The van der Waals surface area contributed by atoms with E-state index in [1.54, 1.807) is 0 Å². The maximum Gasteiger partial charge on any atom is 0.475 e. The van der Waals surface area contributed by atoms with Crippen molar-refractivity contribution in [1.82, 2.24) is 29.2 Å². The second-order valence-electron chi connectivity index (χ2n) is 12.1. The van der Waals surface area contributed by atoms with Gasteiger partial charge in [0.05, 0.1) is 0 Å². The predicted octanol–water partition coefficient (Wildman–Crippen LogP) is 6.01. The van der Waals surface area contributed by atoms with E-state index in [9.17, 15) is 23.3 Å². The van der Waals surface area contributed by atoms with Crippen LogP contribution in [-0.4, -0.2) is 139 Å². The van der Waals surface area contributed by atoms with Gasteiger partial charge in [0, 0.05) is 25.0 Å². The number of aromatic amines is 1. The van der Waals surface area contributed by atoms with Crippen LogP contribution in [0.1, 0.15) is 109 Å². The van der Waals surface area contributed by atoms with Crippen molar-refractivity contribution >= 4 is 22.8 Å². The van der Waals surface area contributed by atoms with Gasteiger partial charge in [-0.3, -0.25) is 18.9 Å². The largest absolute Gasteiger partial charge is 0.475 e. The smallest absolute Gasteiger partial charge is 0.324 e. The number of aryl methyl sites for hydroxylation is 1. The molecule has 0 amide bonds. The van der Waals surface area contributed by atoms with Gasteiger partial charge in [0.15, 0.2) is 0 Å². The SMILES string of the molecule is CCN(CC)CC.CCN(CC)CC.CCN(CC)CC.CCN(CC)CC.O=c1ccn(CCCCCCP(=O)(CP(=O)(O)O)OP(=O)(O)O)c(=O)[nH]1. The molecule has 1 unspecified atom stereocenters. The second kappa shape index (κ2) is 36.4. The van der Waals surface area contributed by atoms with E-state index in [4.69, 9.17) is 19.6 Å². The van der Waals surface area contributed by atoms with Gasteiger partial charge >= 0.3 is 21.1 Å². The van der Waals surface area contributed by atoms with E-state index in [0.29, 0.717) is 25.8 Å². The van der Waals surface area contributed by atoms with Crippen molar-refractivity contribution in [3.05, 3.63) is 33.1 Å². The molecular weight excluding hydrogens is 757 g/mol. The lowest BCUT2D eigenvalue weighted by atomic mass is 10.2. The Balaban J connectivity index is -0.000000360. The Morgan fingerprint density at radius 2 is 0.907 bits per heavy atom. The lowest BCUT2D eigenvalue weighted by Gasteiger charge is -2.19. The molecule has 0 aliphatic heterocycles. The first-order valence-electron chi connectivity index (χ1n) is 19.8. The van der Waals surface area contributed by atoms with Crippen LogP contribution in [0.3, 0.4) is 0 Å². The average Bonchev–Trinajstić information content (AvgIpc) is 3.10. The van der Waals surface area contributed by atoms with Crippen LogP contribution in [0.4, 0.5) is 0 Å². The summed E-state index contributed by atoms with van der Waals surface area (Å²) in [6.07, 6.45) is 2.65. The summed E-state index contributed by atoms with van der Waals surface area (Å²) in [6, 6.07) is 1.21. The molecule has 0 saturated heterocycles. The summed E-state index contributed by atoms with van der Waals surface area (Å²) in [5, 5.41) is 0.